The molecule has 2 N–H and O–H groups in total. The second kappa shape index (κ2) is 6.57. The fraction of sp³-hybridized carbons (Fsp3) is 0.500. The van der Waals surface area contributed by atoms with Gasteiger partial charge >= 0.3 is 5.97 Å². The lowest BCUT2D eigenvalue weighted by molar-refractivity contribution is -0.141. The Morgan fingerprint density at radius 3 is 3.00 bits per heavy atom. The minimum atomic E-state index is -0.588. The Balaban J connectivity index is 2.04. The standard InChI is InChI=1S/C12H15ClN4O4/c1-21-10(19)6-17-12(20)11(13)8(5-15-17)14-4-7-2-3-9(18)16-7/h5,7,14H,2-4,6H2,1H3,(H,16,18). The molecule has 21 heavy (non-hydrogen) atoms. The summed E-state index contributed by atoms with van der Waals surface area (Å²) in [4.78, 5) is 34.2. The summed E-state index contributed by atoms with van der Waals surface area (Å²) in [5, 5.41) is 9.56. The van der Waals surface area contributed by atoms with E-state index < -0.39 is 11.5 Å². The van der Waals surface area contributed by atoms with Crippen LogP contribution in [0.5, 0.6) is 0 Å². The van der Waals surface area contributed by atoms with Crippen molar-refractivity contribution < 1.29 is 14.3 Å². The summed E-state index contributed by atoms with van der Waals surface area (Å²) in [6, 6.07) is 0.00562. The van der Waals surface area contributed by atoms with E-state index in [4.69, 9.17) is 11.6 Å². The number of hydrogen-bond donors (Lipinski definition) is 2. The second-order valence-electron chi connectivity index (χ2n) is 4.60. The number of carbonyl (C=O) groups excluding carboxylic acids is 2. The Hall–Kier alpha value is -2.09. The topological polar surface area (TPSA) is 102 Å². The maximum absolute atomic E-state index is 11.9. The lowest BCUT2D eigenvalue weighted by Crippen LogP contribution is -2.33. The van der Waals surface area contributed by atoms with Crippen LogP contribution in [0.25, 0.3) is 0 Å². The third-order valence-electron chi connectivity index (χ3n) is 3.12. The minimum Gasteiger partial charge on any atom is -0.468 e. The van der Waals surface area contributed by atoms with E-state index in [2.05, 4.69) is 20.5 Å². The van der Waals surface area contributed by atoms with Crippen molar-refractivity contribution >= 4 is 29.2 Å². The summed E-state index contributed by atoms with van der Waals surface area (Å²) >= 11 is 5.96. The fourth-order valence-electron chi connectivity index (χ4n) is 1.95. The van der Waals surface area contributed by atoms with Crippen LogP contribution in [0.1, 0.15) is 12.8 Å². The van der Waals surface area contributed by atoms with Crippen molar-refractivity contribution in [1.29, 1.82) is 0 Å². The second-order valence-corrected chi connectivity index (χ2v) is 4.97. The number of ether oxygens (including phenoxy) is 1. The molecule has 1 aromatic rings. The van der Waals surface area contributed by atoms with Gasteiger partial charge in [-0.3, -0.25) is 14.4 Å². The summed E-state index contributed by atoms with van der Waals surface area (Å²) in [7, 11) is 1.22. The van der Waals surface area contributed by atoms with Gasteiger partial charge in [-0.25, -0.2) is 4.68 Å². The van der Waals surface area contributed by atoms with Gasteiger partial charge in [-0.2, -0.15) is 5.10 Å². The van der Waals surface area contributed by atoms with E-state index in [0.717, 1.165) is 11.1 Å². The summed E-state index contributed by atoms with van der Waals surface area (Å²) in [6.07, 6.45) is 2.60. The Kier molecular flexibility index (Phi) is 4.79. The first kappa shape index (κ1) is 15.3. The van der Waals surface area contributed by atoms with E-state index in [1.165, 1.54) is 13.3 Å². The van der Waals surface area contributed by atoms with Crippen molar-refractivity contribution in [3.63, 3.8) is 0 Å². The molecule has 2 rings (SSSR count). The van der Waals surface area contributed by atoms with Crippen molar-refractivity contribution in [2.75, 3.05) is 19.0 Å². The molecule has 0 aromatic carbocycles. The molecule has 0 radical (unpaired) electrons. The predicted octanol–water partition coefficient (Wildman–Crippen LogP) is -0.240. The molecule has 1 aliphatic heterocycles. The van der Waals surface area contributed by atoms with Gasteiger partial charge in [0.25, 0.3) is 5.56 Å². The molecule has 1 saturated heterocycles. The number of methoxy groups -OCH3 is 1. The third-order valence-corrected chi connectivity index (χ3v) is 3.48. The lowest BCUT2D eigenvalue weighted by Gasteiger charge is -2.13. The molecule has 0 spiro atoms. The van der Waals surface area contributed by atoms with E-state index in [0.29, 0.717) is 18.7 Å². The Morgan fingerprint density at radius 2 is 2.38 bits per heavy atom. The largest absolute Gasteiger partial charge is 0.468 e. The van der Waals surface area contributed by atoms with Crippen molar-refractivity contribution in [2.24, 2.45) is 0 Å². The van der Waals surface area contributed by atoms with Crippen LogP contribution in [0.4, 0.5) is 5.69 Å². The van der Waals surface area contributed by atoms with Crippen LogP contribution in [-0.2, 0) is 20.9 Å². The molecule has 1 unspecified atom stereocenters. The van der Waals surface area contributed by atoms with E-state index in [1.54, 1.807) is 0 Å². The quantitative estimate of drug-likeness (QED) is 0.727. The van der Waals surface area contributed by atoms with E-state index >= 15 is 0 Å². The van der Waals surface area contributed by atoms with Gasteiger partial charge in [-0.1, -0.05) is 11.6 Å². The molecule has 1 fully saturated rings. The average molecular weight is 315 g/mol. The molecule has 1 aromatic heterocycles. The third kappa shape index (κ3) is 3.72. The molecule has 0 aliphatic carbocycles. The summed E-state index contributed by atoms with van der Waals surface area (Å²) in [6.45, 7) is 0.154. The SMILES string of the molecule is COC(=O)Cn1ncc(NCC2CCC(=O)N2)c(Cl)c1=O. The van der Waals surface area contributed by atoms with Crippen LogP contribution in [0.15, 0.2) is 11.0 Å². The zero-order valence-corrected chi connectivity index (χ0v) is 12.1. The number of hydrogen-bond acceptors (Lipinski definition) is 6. The zero-order chi connectivity index (χ0) is 15.4. The number of anilines is 1. The highest BCUT2D eigenvalue weighted by Gasteiger charge is 2.21. The molecule has 0 bridgehead atoms. The van der Waals surface area contributed by atoms with Crippen LogP contribution in [-0.4, -0.2) is 41.4 Å². The first-order valence-electron chi connectivity index (χ1n) is 6.37. The number of amides is 1. The van der Waals surface area contributed by atoms with Gasteiger partial charge in [0, 0.05) is 19.0 Å². The van der Waals surface area contributed by atoms with Gasteiger partial charge in [-0.05, 0) is 6.42 Å². The number of nitrogens with one attached hydrogen (secondary N) is 2. The maximum Gasteiger partial charge on any atom is 0.327 e. The zero-order valence-electron chi connectivity index (χ0n) is 11.4. The first-order valence-corrected chi connectivity index (χ1v) is 6.74. The van der Waals surface area contributed by atoms with Gasteiger partial charge in [-0.15, -0.1) is 0 Å². The summed E-state index contributed by atoms with van der Waals surface area (Å²) < 4.78 is 5.39. The molecule has 1 aliphatic rings. The summed E-state index contributed by atoms with van der Waals surface area (Å²) in [5.74, 6) is -0.574. The number of esters is 1. The van der Waals surface area contributed by atoms with Gasteiger partial charge in [0.2, 0.25) is 5.91 Å². The van der Waals surface area contributed by atoms with Crippen LogP contribution < -0.4 is 16.2 Å². The van der Waals surface area contributed by atoms with Gasteiger partial charge in [0.1, 0.15) is 11.6 Å². The maximum atomic E-state index is 11.9. The number of aromatic nitrogens is 2. The molecule has 1 amide bonds. The monoisotopic (exact) mass is 314 g/mol. The molecule has 2 heterocycles. The first-order chi connectivity index (χ1) is 10.0. The highest BCUT2D eigenvalue weighted by Crippen LogP contribution is 2.16. The smallest absolute Gasteiger partial charge is 0.327 e. The lowest BCUT2D eigenvalue weighted by atomic mass is 10.2. The van der Waals surface area contributed by atoms with Crippen molar-refractivity contribution in [2.45, 2.75) is 25.4 Å². The van der Waals surface area contributed by atoms with Crippen molar-refractivity contribution in [3.8, 4) is 0 Å². The van der Waals surface area contributed by atoms with Gasteiger partial charge in [0.15, 0.2) is 0 Å². The average Bonchev–Trinajstić information content (AvgIpc) is 2.88. The van der Waals surface area contributed by atoms with Crippen LogP contribution in [0, 0.1) is 0 Å². The van der Waals surface area contributed by atoms with Gasteiger partial charge < -0.3 is 15.4 Å². The number of rotatable bonds is 5. The summed E-state index contributed by atoms with van der Waals surface area (Å²) in [5.41, 5.74) is -0.216. The highest BCUT2D eigenvalue weighted by molar-refractivity contribution is 6.32. The molecule has 1 atom stereocenters. The molecule has 114 valence electrons. The molecular weight excluding hydrogens is 300 g/mol. The number of halogens is 1. The predicted molar refractivity (Wildman–Crippen MR) is 75.2 cm³/mol. The van der Waals surface area contributed by atoms with Gasteiger partial charge in [0.05, 0.1) is 19.0 Å². The molecule has 8 nitrogen and oxygen atoms in total. The highest BCUT2D eigenvalue weighted by atomic mass is 35.5. The fourth-order valence-corrected chi connectivity index (χ4v) is 2.16. The Morgan fingerprint density at radius 1 is 1.62 bits per heavy atom. The molecule has 9 heteroatoms. The minimum absolute atomic E-state index is 0.00562. The van der Waals surface area contributed by atoms with E-state index in [-0.39, 0.29) is 23.5 Å². The van der Waals surface area contributed by atoms with Crippen LogP contribution in [0.3, 0.4) is 0 Å². The normalized spacial score (nSPS) is 17.4. The number of carbonyl (C=O) groups is 2. The Bertz CT molecular complexity index is 616. The molecule has 0 saturated carbocycles. The van der Waals surface area contributed by atoms with E-state index in [1.807, 2.05) is 0 Å². The van der Waals surface area contributed by atoms with Crippen molar-refractivity contribution in [3.05, 3.63) is 21.6 Å². The van der Waals surface area contributed by atoms with E-state index in [9.17, 15) is 14.4 Å². The van der Waals surface area contributed by atoms with Crippen LogP contribution in [0.2, 0.25) is 5.02 Å². The van der Waals surface area contributed by atoms with Crippen molar-refractivity contribution in [1.82, 2.24) is 15.1 Å². The molecular formula is C12H15ClN4O4. The number of nitrogens with zero attached hydrogens (tertiary/aromatic N) is 2. The Labute approximate surface area is 125 Å². The van der Waals surface area contributed by atoms with Crippen LogP contribution >= 0.6 is 11.6 Å².